The van der Waals surface area contributed by atoms with Gasteiger partial charge in [0.25, 0.3) is 0 Å². The maximum Gasteiger partial charge on any atom is 0.226 e. The van der Waals surface area contributed by atoms with Crippen LogP contribution in [0.1, 0.15) is 0 Å². The smallest absolute Gasteiger partial charge is 0.226 e. The molecule has 0 aliphatic rings. The van der Waals surface area contributed by atoms with Gasteiger partial charge in [-0.1, -0.05) is 0 Å². The zero-order valence-electron chi connectivity index (χ0n) is 11.2. The average molecular weight is 320 g/mol. The van der Waals surface area contributed by atoms with E-state index in [4.69, 9.17) is 0 Å². The lowest BCUT2D eigenvalue weighted by Crippen LogP contribution is -1.99. The lowest BCUT2D eigenvalue weighted by atomic mass is 10.1. The summed E-state index contributed by atoms with van der Waals surface area (Å²) < 4.78 is 40.6. The summed E-state index contributed by atoms with van der Waals surface area (Å²) in [6, 6.07) is 3.80. The molecule has 0 unspecified atom stereocenters. The molecule has 0 spiro atoms. The van der Waals surface area contributed by atoms with Crippen molar-refractivity contribution in [3.63, 3.8) is 0 Å². The number of rotatable bonds is 2. The third kappa shape index (κ3) is 2.63. The van der Waals surface area contributed by atoms with Crippen LogP contribution < -0.4 is 0 Å². The normalized spacial score (nSPS) is 10.7. The topological polar surface area (TPSA) is 92.0 Å². The first-order valence-corrected chi connectivity index (χ1v) is 6.20. The Kier molecular flexibility index (Phi) is 3.53. The highest BCUT2D eigenvalue weighted by molar-refractivity contribution is 5.75. The van der Waals surface area contributed by atoms with E-state index in [-0.39, 0.29) is 11.5 Å². The second-order valence-corrected chi connectivity index (χ2v) is 4.42. The van der Waals surface area contributed by atoms with Gasteiger partial charge in [-0.05, 0) is 12.1 Å². The molecule has 0 saturated carbocycles. The average Bonchev–Trinajstić information content (AvgIpc) is 2.49. The summed E-state index contributed by atoms with van der Waals surface area (Å²) in [4.78, 5) is 7.28. The Morgan fingerprint density at radius 3 is 2.00 bits per heavy atom. The van der Waals surface area contributed by atoms with E-state index in [1.807, 2.05) is 0 Å². The highest BCUT2D eigenvalue weighted by Crippen LogP contribution is 2.39. The molecule has 2 heterocycles. The molecule has 9 heteroatoms. The maximum atomic E-state index is 13.8. The van der Waals surface area contributed by atoms with Crippen LogP contribution in [0, 0.1) is 17.5 Å². The minimum Gasteiger partial charge on any atom is -0.493 e. The first-order chi connectivity index (χ1) is 11.0. The van der Waals surface area contributed by atoms with Gasteiger partial charge < -0.3 is 10.2 Å². The van der Waals surface area contributed by atoms with Crippen molar-refractivity contribution in [3.8, 4) is 34.4 Å². The van der Waals surface area contributed by atoms with Crippen molar-refractivity contribution >= 4 is 0 Å². The summed E-state index contributed by atoms with van der Waals surface area (Å²) in [5.74, 6) is -5.74. The Bertz CT molecular complexity index is 844. The molecule has 0 bridgehead atoms. The van der Waals surface area contributed by atoms with Crippen LogP contribution in [0.3, 0.4) is 0 Å². The van der Waals surface area contributed by atoms with Crippen molar-refractivity contribution in [2.24, 2.45) is 0 Å². The van der Waals surface area contributed by atoms with Gasteiger partial charge in [-0.3, -0.25) is 0 Å². The van der Waals surface area contributed by atoms with E-state index in [0.29, 0.717) is 12.1 Å². The Morgan fingerprint density at radius 2 is 1.48 bits per heavy atom. The van der Waals surface area contributed by atoms with Crippen LogP contribution in [0.25, 0.3) is 22.6 Å². The van der Waals surface area contributed by atoms with Gasteiger partial charge in [0.2, 0.25) is 11.8 Å². The first kappa shape index (κ1) is 14.7. The molecule has 0 aliphatic carbocycles. The molecule has 2 N–H and O–H groups in total. The number of nitrogens with zero attached hydrogens (tertiary/aromatic N) is 4. The molecule has 2 aromatic heterocycles. The molecular formula is C14H7F3N4O2. The van der Waals surface area contributed by atoms with Gasteiger partial charge in [0.05, 0.1) is 5.56 Å². The molecule has 0 radical (unpaired) electrons. The number of benzene rings is 1. The summed E-state index contributed by atoms with van der Waals surface area (Å²) in [6.45, 7) is 0. The van der Waals surface area contributed by atoms with Crippen molar-refractivity contribution < 1.29 is 23.4 Å². The van der Waals surface area contributed by atoms with Gasteiger partial charge in [0.15, 0.2) is 5.82 Å². The van der Waals surface area contributed by atoms with Crippen LogP contribution in [0.2, 0.25) is 0 Å². The Hall–Kier alpha value is -3.23. The van der Waals surface area contributed by atoms with E-state index in [0.717, 1.165) is 0 Å². The summed E-state index contributed by atoms with van der Waals surface area (Å²) in [5, 5.41) is 27.1. The van der Waals surface area contributed by atoms with Crippen LogP contribution in [0.4, 0.5) is 13.2 Å². The predicted octanol–water partition coefficient (Wildman–Crippen LogP) is 2.43. The Labute approximate surface area is 126 Å². The molecule has 0 atom stereocenters. The molecule has 6 nitrogen and oxygen atoms in total. The molecule has 0 aliphatic heterocycles. The second kappa shape index (κ2) is 5.52. The molecule has 0 amide bonds. The maximum absolute atomic E-state index is 13.8. The minimum absolute atomic E-state index is 0.129. The van der Waals surface area contributed by atoms with Crippen molar-refractivity contribution in [1.29, 1.82) is 0 Å². The van der Waals surface area contributed by atoms with Crippen LogP contribution >= 0.6 is 0 Å². The van der Waals surface area contributed by atoms with E-state index >= 15 is 0 Å². The molecule has 0 saturated heterocycles. The fraction of sp³-hybridized carbons (Fsp3) is 0. The summed E-state index contributed by atoms with van der Waals surface area (Å²) in [7, 11) is 0. The standard InChI is InChI=1S/C14H7F3N4O2/c15-6-4-7(16)10(8(17)5-6)11-13(22)19-12(20-14(11)23)9-2-1-3-18-21-9/h1-5H,(H2,19,20,22,23). The van der Waals surface area contributed by atoms with Crippen LogP contribution in [-0.4, -0.2) is 30.4 Å². The monoisotopic (exact) mass is 320 g/mol. The number of aromatic nitrogens is 4. The fourth-order valence-electron chi connectivity index (χ4n) is 1.98. The molecule has 3 aromatic rings. The van der Waals surface area contributed by atoms with Crippen LogP contribution in [-0.2, 0) is 0 Å². The lowest BCUT2D eigenvalue weighted by Gasteiger charge is -2.10. The van der Waals surface area contributed by atoms with Gasteiger partial charge in [-0.15, -0.1) is 5.10 Å². The summed E-state index contributed by atoms with van der Waals surface area (Å²) in [6.07, 6.45) is 1.39. The zero-order chi connectivity index (χ0) is 16.6. The van der Waals surface area contributed by atoms with Gasteiger partial charge >= 0.3 is 0 Å². The third-order valence-corrected chi connectivity index (χ3v) is 2.93. The van der Waals surface area contributed by atoms with E-state index < -0.39 is 40.3 Å². The van der Waals surface area contributed by atoms with Gasteiger partial charge in [0, 0.05) is 18.3 Å². The van der Waals surface area contributed by atoms with E-state index in [1.54, 1.807) is 0 Å². The second-order valence-electron chi connectivity index (χ2n) is 4.42. The lowest BCUT2D eigenvalue weighted by molar-refractivity contribution is 0.424. The largest absolute Gasteiger partial charge is 0.493 e. The van der Waals surface area contributed by atoms with Gasteiger partial charge in [-0.2, -0.15) is 15.1 Å². The summed E-state index contributed by atoms with van der Waals surface area (Å²) >= 11 is 0. The third-order valence-electron chi connectivity index (χ3n) is 2.93. The van der Waals surface area contributed by atoms with Crippen LogP contribution in [0.15, 0.2) is 30.5 Å². The highest BCUT2D eigenvalue weighted by atomic mass is 19.1. The number of hydrogen-bond donors (Lipinski definition) is 2. The molecular weight excluding hydrogens is 313 g/mol. The number of halogens is 3. The Morgan fingerprint density at radius 1 is 0.870 bits per heavy atom. The predicted molar refractivity (Wildman–Crippen MR) is 71.7 cm³/mol. The van der Waals surface area contributed by atoms with Crippen molar-refractivity contribution in [1.82, 2.24) is 20.2 Å². The molecule has 1 aromatic carbocycles. The van der Waals surface area contributed by atoms with E-state index in [9.17, 15) is 23.4 Å². The number of aromatic hydroxyl groups is 2. The van der Waals surface area contributed by atoms with Crippen molar-refractivity contribution in [2.45, 2.75) is 0 Å². The number of hydrogen-bond acceptors (Lipinski definition) is 6. The quantitative estimate of drug-likeness (QED) is 0.753. The van der Waals surface area contributed by atoms with Gasteiger partial charge in [0.1, 0.15) is 28.7 Å². The van der Waals surface area contributed by atoms with E-state index in [2.05, 4.69) is 20.2 Å². The Balaban J connectivity index is 2.20. The zero-order valence-corrected chi connectivity index (χ0v) is 11.2. The van der Waals surface area contributed by atoms with Crippen molar-refractivity contribution in [2.75, 3.05) is 0 Å². The molecule has 23 heavy (non-hydrogen) atoms. The fourth-order valence-corrected chi connectivity index (χ4v) is 1.98. The van der Waals surface area contributed by atoms with Crippen LogP contribution in [0.5, 0.6) is 11.8 Å². The van der Waals surface area contributed by atoms with Crippen molar-refractivity contribution in [3.05, 3.63) is 47.9 Å². The minimum atomic E-state index is -1.32. The van der Waals surface area contributed by atoms with Gasteiger partial charge in [-0.25, -0.2) is 13.2 Å². The highest BCUT2D eigenvalue weighted by Gasteiger charge is 2.23. The first-order valence-electron chi connectivity index (χ1n) is 6.20. The molecule has 3 rings (SSSR count). The summed E-state index contributed by atoms with van der Waals surface area (Å²) in [5.41, 5.74) is -1.40. The molecule has 0 fully saturated rings. The molecule has 116 valence electrons. The van der Waals surface area contributed by atoms with E-state index in [1.165, 1.54) is 18.3 Å². The SMILES string of the molecule is Oc1nc(-c2cccnn2)nc(O)c1-c1c(F)cc(F)cc1F.